The Morgan fingerprint density at radius 1 is 1.06 bits per heavy atom. The maximum Gasteiger partial charge on any atom is 0.254 e. The number of benzene rings is 1. The summed E-state index contributed by atoms with van der Waals surface area (Å²) >= 11 is 0. The van der Waals surface area contributed by atoms with Crippen molar-refractivity contribution in [2.24, 2.45) is 0 Å². The molecule has 0 radical (unpaired) electrons. The Balaban J connectivity index is 1.79. The molecule has 5 rings (SSSR count). The highest BCUT2D eigenvalue weighted by atomic mass is 16.1. The van der Waals surface area contributed by atoms with Gasteiger partial charge in [-0.15, -0.1) is 0 Å². The van der Waals surface area contributed by atoms with Crippen molar-refractivity contribution in [1.29, 1.82) is 5.26 Å². The lowest BCUT2D eigenvalue weighted by atomic mass is 10.1. The van der Waals surface area contributed by atoms with Crippen molar-refractivity contribution in [2.75, 3.05) is 45.2 Å². The molecule has 1 saturated heterocycles. The van der Waals surface area contributed by atoms with Gasteiger partial charge in [-0.2, -0.15) is 5.26 Å². The van der Waals surface area contributed by atoms with E-state index in [1.165, 1.54) is 0 Å². The molecule has 3 aromatic heterocycles. The summed E-state index contributed by atoms with van der Waals surface area (Å²) in [6.07, 6.45) is 1.08. The van der Waals surface area contributed by atoms with Crippen molar-refractivity contribution in [2.45, 2.75) is 6.42 Å². The first-order valence-electron chi connectivity index (χ1n) is 10.4. The number of imidazole rings is 1. The molecule has 1 aliphatic rings. The zero-order chi connectivity index (χ0) is 21.5. The van der Waals surface area contributed by atoms with E-state index in [0.29, 0.717) is 16.8 Å². The van der Waals surface area contributed by atoms with Crippen LogP contribution < -0.4 is 10.2 Å². The molecule has 1 amide bonds. The SMILES string of the molecule is CNC(=O)c1cc2ccc(N3CCCN(C)CC3)nc2n2c1nc1ccc(C#N)cc12. The van der Waals surface area contributed by atoms with E-state index in [0.717, 1.165) is 60.5 Å². The van der Waals surface area contributed by atoms with Crippen molar-refractivity contribution in [3.05, 3.63) is 47.5 Å². The zero-order valence-electron chi connectivity index (χ0n) is 17.6. The van der Waals surface area contributed by atoms with Crippen molar-refractivity contribution in [3.8, 4) is 6.07 Å². The molecule has 1 aliphatic heterocycles. The van der Waals surface area contributed by atoms with Crippen molar-refractivity contribution in [1.82, 2.24) is 24.6 Å². The lowest BCUT2D eigenvalue weighted by Gasteiger charge is -2.22. The topological polar surface area (TPSA) is 89.6 Å². The van der Waals surface area contributed by atoms with Crippen LogP contribution in [0.1, 0.15) is 22.3 Å². The number of fused-ring (bicyclic) bond motifs is 5. The number of carbonyl (C=O) groups excluding carboxylic acids is 1. The molecule has 1 aromatic carbocycles. The minimum atomic E-state index is -0.206. The van der Waals surface area contributed by atoms with Gasteiger partial charge in [0, 0.05) is 32.1 Å². The van der Waals surface area contributed by atoms with Gasteiger partial charge in [-0.25, -0.2) is 9.97 Å². The number of pyridine rings is 2. The van der Waals surface area contributed by atoms with Crippen LogP contribution in [0.5, 0.6) is 0 Å². The number of likely N-dealkylation sites (N-methyl/N-ethyl adjacent to an activating group) is 1. The molecule has 4 aromatic rings. The number of amides is 1. The van der Waals surface area contributed by atoms with Crippen LogP contribution in [0.15, 0.2) is 36.4 Å². The van der Waals surface area contributed by atoms with E-state index >= 15 is 0 Å². The number of rotatable bonds is 2. The fourth-order valence-electron chi connectivity index (χ4n) is 4.25. The average Bonchev–Trinajstić information content (AvgIpc) is 3.04. The molecule has 0 saturated carbocycles. The van der Waals surface area contributed by atoms with E-state index in [-0.39, 0.29) is 5.91 Å². The molecule has 0 bridgehead atoms. The molecular formula is C23H23N7O. The van der Waals surface area contributed by atoms with E-state index in [2.05, 4.69) is 28.2 Å². The van der Waals surface area contributed by atoms with E-state index in [1.807, 2.05) is 28.7 Å². The number of aromatic nitrogens is 3. The van der Waals surface area contributed by atoms with Crippen LogP contribution >= 0.6 is 0 Å². The summed E-state index contributed by atoms with van der Waals surface area (Å²) in [6, 6.07) is 13.4. The molecular weight excluding hydrogens is 390 g/mol. The van der Waals surface area contributed by atoms with Crippen LogP contribution in [0.3, 0.4) is 0 Å². The first kappa shape index (κ1) is 19.3. The number of anilines is 1. The summed E-state index contributed by atoms with van der Waals surface area (Å²) in [6.45, 7) is 3.93. The van der Waals surface area contributed by atoms with E-state index in [4.69, 9.17) is 9.97 Å². The predicted octanol–water partition coefficient (Wildman–Crippen LogP) is 2.41. The number of hydrogen-bond donors (Lipinski definition) is 1. The van der Waals surface area contributed by atoms with Crippen molar-refractivity contribution >= 4 is 39.4 Å². The fraction of sp³-hybridized carbons (Fsp3) is 0.304. The Labute approximate surface area is 179 Å². The molecule has 31 heavy (non-hydrogen) atoms. The Kier molecular flexibility index (Phi) is 4.68. The number of nitriles is 1. The molecule has 0 unspecified atom stereocenters. The monoisotopic (exact) mass is 413 g/mol. The average molecular weight is 413 g/mol. The Bertz CT molecular complexity index is 1370. The molecule has 4 heterocycles. The third kappa shape index (κ3) is 3.23. The number of hydrogen-bond acceptors (Lipinski definition) is 6. The van der Waals surface area contributed by atoms with Gasteiger partial charge in [0.1, 0.15) is 11.5 Å². The molecule has 0 atom stereocenters. The standard InChI is InChI=1S/C23H23N7O/c1-25-23(31)17-13-16-5-7-20(29-9-3-8-28(2)10-11-29)27-21(16)30-19-12-15(14-24)4-6-18(19)26-22(17)30/h4-7,12-13H,3,8-11H2,1-2H3,(H,25,31). The van der Waals surface area contributed by atoms with Crippen LogP contribution in [0, 0.1) is 11.3 Å². The van der Waals surface area contributed by atoms with Crippen molar-refractivity contribution in [3.63, 3.8) is 0 Å². The van der Waals surface area contributed by atoms with E-state index in [1.54, 1.807) is 19.2 Å². The summed E-state index contributed by atoms with van der Waals surface area (Å²) in [5.74, 6) is 0.706. The lowest BCUT2D eigenvalue weighted by molar-refractivity contribution is 0.0964. The zero-order valence-corrected chi connectivity index (χ0v) is 17.6. The quantitative estimate of drug-likeness (QED) is 0.543. The second-order valence-corrected chi connectivity index (χ2v) is 7.95. The van der Waals surface area contributed by atoms with Crippen LogP contribution in [-0.4, -0.2) is 65.5 Å². The van der Waals surface area contributed by atoms with Gasteiger partial charge in [0.15, 0.2) is 5.65 Å². The second-order valence-electron chi connectivity index (χ2n) is 7.95. The molecule has 0 spiro atoms. The fourth-order valence-corrected chi connectivity index (χ4v) is 4.25. The Morgan fingerprint density at radius 2 is 1.94 bits per heavy atom. The Morgan fingerprint density at radius 3 is 2.74 bits per heavy atom. The van der Waals surface area contributed by atoms with Gasteiger partial charge >= 0.3 is 0 Å². The van der Waals surface area contributed by atoms with E-state index < -0.39 is 0 Å². The predicted molar refractivity (Wildman–Crippen MR) is 120 cm³/mol. The number of carbonyl (C=O) groups is 1. The highest BCUT2D eigenvalue weighted by Gasteiger charge is 2.20. The highest BCUT2D eigenvalue weighted by Crippen LogP contribution is 2.28. The third-order valence-corrected chi connectivity index (χ3v) is 5.94. The van der Waals surface area contributed by atoms with Crippen LogP contribution in [0.4, 0.5) is 5.82 Å². The summed E-state index contributed by atoms with van der Waals surface area (Å²) in [5, 5.41) is 12.9. The van der Waals surface area contributed by atoms with Crippen LogP contribution in [-0.2, 0) is 0 Å². The molecule has 0 aliphatic carbocycles. The van der Waals surface area contributed by atoms with Gasteiger partial charge in [-0.1, -0.05) is 0 Å². The summed E-state index contributed by atoms with van der Waals surface area (Å²) in [5.41, 5.74) is 3.79. The van der Waals surface area contributed by atoms with Gasteiger partial charge in [0.05, 0.1) is 28.2 Å². The molecule has 8 nitrogen and oxygen atoms in total. The van der Waals surface area contributed by atoms with Gasteiger partial charge in [-0.05, 0) is 56.4 Å². The van der Waals surface area contributed by atoms with Gasteiger partial charge < -0.3 is 15.1 Å². The number of nitrogens with zero attached hydrogens (tertiary/aromatic N) is 6. The molecule has 156 valence electrons. The van der Waals surface area contributed by atoms with Gasteiger partial charge in [0.25, 0.3) is 5.91 Å². The molecule has 8 heteroatoms. The van der Waals surface area contributed by atoms with Crippen LogP contribution in [0.25, 0.3) is 27.7 Å². The third-order valence-electron chi connectivity index (χ3n) is 5.94. The maximum absolute atomic E-state index is 12.6. The lowest BCUT2D eigenvalue weighted by Crippen LogP contribution is -2.29. The minimum Gasteiger partial charge on any atom is -0.355 e. The maximum atomic E-state index is 12.6. The molecule has 1 fully saturated rings. The first-order valence-corrected chi connectivity index (χ1v) is 10.4. The minimum absolute atomic E-state index is 0.206. The molecule has 1 N–H and O–H groups in total. The van der Waals surface area contributed by atoms with Crippen LogP contribution in [0.2, 0.25) is 0 Å². The highest BCUT2D eigenvalue weighted by molar-refractivity contribution is 6.05. The van der Waals surface area contributed by atoms with Crippen molar-refractivity contribution < 1.29 is 4.79 Å². The first-order chi connectivity index (χ1) is 15.1. The largest absolute Gasteiger partial charge is 0.355 e. The number of nitrogens with one attached hydrogen (secondary N) is 1. The Hall–Kier alpha value is -3.70. The second kappa shape index (κ2) is 7.52. The summed E-state index contributed by atoms with van der Waals surface area (Å²) in [4.78, 5) is 27.0. The smallest absolute Gasteiger partial charge is 0.254 e. The summed E-state index contributed by atoms with van der Waals surface area (Å²) < 4.78 is 1.91. The van der Waals surface area contributed by atoms with Gasteiger partial charge in [-0.3, -0.25) is 9.20 Å². The normalized spacial score (nSPS) is 15.3. The van der Waals surface area contributed by atoms with Gasteiger partial charge in [0.2, 0.25) is 0 Å². The summed E-state index contributed by atoms with van der Waals surface area (Å²) in [7, 11) is 3.75. The van der Waals surface area contributed by atoms with E-state index in [9.17, 15) is 10.1 Å².